The van der Waals surface area contributed by atoms with Gasteiger partial charge < -0.3 is 24.6 Å². The van der Waals surface area contributed by atoms with Crippen molar-refractivity contribution < 1.29 is 9.47 Å². The molecule has 6 nitrogen and oxygen atoms in total. The molecule has 1 aromatic rings. The molecule has 25 heavy (non-hydrogen) atoms. The van der Waals surface area contributed by atoms with Gasteiger partial charge in [0.25, 0.3) is 0 Å². The number of hydrogen-bond acceptors (Lipinski definition) is 5. The van der Waals surface area contributed by atoms with E-state index in [9.17, 15) is 0 Å². The number of hydrogen-bond donors (Lipinski definition) is 1. The first-order valence-electron chi connectivity index (χ1n) is 8.98. The minimum atomic E-state index is 0.845. The van der Waals surface area contributed by atoms with Gasteiger partial charge in [0.1, 0.15) is 5.75 Å². The van der Waals surface area contributed by atoms with Crippen LogP contribution >= 0.6 is 12.2 Å². The van der Waals surface area contributed by atoms with Crippen molar-refractivity contribution in [2.45, 2.75) is 0 Å². The lowest BCUT2D eigenvalue weighted by Gasteiger charge is -2.37. The summed E-state index contributed by atoms with van der Waals surface area (Å²) in [5.74, 6) is 0.896. The Balaban J connectivity index is 1.38. The van der Waals surface area contributed by atoms with E-state index in [4.69, 9.17) is 21.7 Å². The van der Waals surface area contributed by atoms with Gasteiger partial charge in [-0.15, -0.1) is 0 Å². The van der Waals surface area contributed by atoms with Crippen molar-refractivity contribution in [2.24, 2.45) is 0 Å². The highest BCUT2D eigenvalue weighted by Gasteiger charge is 2.19. The number of methoxy groups -OCH3 is 1. The average molecular weight is 365 g/mol. The van der Waals surface area contributed by atoms with Crippen LogP contribution in [0.1, 0.15) is 0 Å². The molecular formula is C18H28N4O2S. The third-order valence-electron chi connectivity index (χ3n) is 4.81. The summed E-state index contributed by atoms with van der Waals surface area (Å²) >= 11 is 5.57. The van der Waals surface area contributed by atoms with E-state index in [0.29, 0.717) is 0 Å². The number of thiocarbonyl (C=S) groups is 1. The summed E-state index contributed by atoms with van der Waals surface area (Å²) in [6, 6.07) is 8.26. The molecule has 138 valence electrons. The lowest BCUT2D eigenvalue weighted by molar-refractivity contribution is 0.0388. The number of ether oxygens (including phenoxy) is 2. The quantitative estimate of drug-likeness (QED) is 0.783. The lowest BCUT2D eigenvalue weighted by Crippen LogP contribution is -2.52. The van der Waals surface area contributed by atoms with E-state index in [0.717, 1.165) is 76.4 Å². The third-order valence-corrected chi connectivity index (χ3v) is 5.21. The van der Waals surface area contributed by atoms with Gasteiger partial charge in [-0.1, -0.05) is 0 Å². The number of morpholine rings is 1. The fraction of sp³-hybridized carbons (Fsp3) is 0.611. The van der Waals surface area contributed by atoms with Crippen molar-refractivity contribution in [2.75, 3.05) is 77.6 Å². The van der Waals surface area contributed by atoms with Crippen LogP contribution in [-0.2, 0) is 4.74 Å². The largest absolute Gasteiger partial charge is 0.497 e. The first-order valence-corrected chi connectivity index (χ1v) is 9.39. The molecule has 1 aromatic carbocycles. The van der Waals surface area contributed by atoms with Crippen molar-refractivity contribution in [1.82, 2.24) is 15.1 Å². The normalized spacial score (nSPS) is 18.9. The van der Waals surface area contributed by atoms with Gasteiger partial charge in [-0.25, -0.2) is 0 Å². The van der Waals surface area contributed by atoms with Crippen molar-refractivity contribution in [1.29, 1.82) is 0 Å². The molecule has 2 heterocycles. The van der Waals surface area contributed by atoms with Gasteiger partial charge in [0.05, 0.1) is 20.3 Å². The second-order valence-electron chi connectivity index (χ2n) is 6.36. The SMILES string of the molecule is COc1ccc(N2CCN(C(=S)NCCN3CCOCC3)CC2)cc1. The average Bonchev–Trinajstić information content (AvgIpc) is 2.69. The van der Waals surface area contributed by atoms with E-state index in [-0.39, 0.29) is 0 Å². The van der Waals surface area contributed by atoms with Crippen LogP contribution in [0.5, 0.6) is 5.75 Å². The maximum Gasteiger partial charge on any atom is 0.169 e. The fourth-order valence-corrected chi connectivity index (χ4v) is 3.50. The molecule has 0 spiro atoms. The summed E-state index contributed by atoms with van der Waals surface area (Å²) in [5, 5.41) is 4.29. The van der Waals surface area contributed by atoms with E-state index in [1.165, 1.54) is 5.69 Å². The van der Waals surface area contributed by atoms with Gasteiger partial charge in [-0.3, -0.25) is 4.90 Å². The maximum atomic E-state index is 5.57. The van der Waals surface area contributed by atoms with Crippen molar-refractivity contribution in [3.8, 4) is 5.75 Å². The maximum absolute atomic E-state index is 5.57. The van der Waals surface area contributed by atoms with Gasteiger partial charge in [-0.2, -0.15) is 0 Å². The number of nitrogens with zero attached hydrogens (tertiary/aromatic N) is 3. The summed E-state index contributed by atoms with van der Waals surface area (Å²) in [4.78, 5) is 7.09. The first-order chi connectivity index (χ1) is 12.3. The summed E-state index contributed by atoms with van der Waals surface area (Å²) in [6.45, 7) is 9.53. The highest BCUT2D eigenvalue weighted by molar-refractivity contribution is 7.80. The summed E-state index contributed by atoms with van der Waals surface area (Å²) < 4.78 is 10.6. The summed E-state index contributed by atoms with van der Waals surface area (Å²) in [5.41, 5.74) is 1.24. The molecule has 2 aliphatic rings. The summed E-state index contributed by atoms with van der Waals surface area (Å²) in [7, 11) is 1.70. The molecular weight excluding hydrogens is 336 g/mol. The molecule has 0 bridgehead atoms. The van der Waals surface area contributed by atoms with Crippen LogP contribution in [0.25, 0.3) is 0 Å². The van der Waals surface area contributed by atoms with E-state index < -0.39 is 0 Å². The van der Waals surface area contributed by atoms with Gasteiger partial charge in [0.15, 0.2) is 5.11 Å². The number of nitrogens with one attached hydrogen (secondary N) is 1. The molecule has 0 amide bonds. The molecule has 0 aliphatic carbocycles. The smallest absolute Gasteiger partial charge is 0.169 e. The molecule has 2 saturated heterocycles. The second-order valence-corrected chi connectivity index (χ2v) is 6.74. The molecule has 2 aliphatic heterocycles. The standard InChI is InChI=1S/C18H28N4O2S/c1-23-17-4-2-16(3-5-17)21-8-10-22(11-9-21)18(25)19-6-7-20-12-14-24-15-13-20/h2-5H,6-15H2,1H3,(H,19,25). The molecule has 1 N–H and O–H groups in total. The van der Waals surface area contributed by atoms with E-state index in [2.05, 4.69) is 32.1 Å². The highest BCUT2D eigenvalue weighted by Crippen LogP contribution is 2.20. The predicted octanol–water partition coefficient (Wildman–Crippen LogP) is 1.02. The van der Waals surface area contributed by atoms with E-state index in [1.54, 1.807) is 7.11 Å². The zero-order chi connectivity index (χ0) is 17.5. The van der Waals surface area contributed by atoms with Crippen LogP contribution in [0.3, 0.4) is 0 Å². The fourth-order valence-electron chi connectivity index (χ4n) is 3.22. The Kier molecular flexibility index (Phi) is 6.72. The monoisotopic (exact) mass is 364 g/mol. The molecule has 2 fully saturated rings. The second kappa shape index (κ2) is 9.22. The first kappa shape index (κ1) is 18.2. The Morgan fingerprint density at radius 2 is 1.76 bits per heavy atom. The van der Waals surface area contributed by atoms with Crippen molar-refractivity contribution in [3.63, 3.8) is 0 Å². The van der Waals surface area contributed by atoms with Crippen LogP contribution in [0, 0.1) is 0 Å². The van der Waals surface area contributed by atoms with Crippen LogP contribution in [0.2, 0.25) is 0 Å². The van der Waals surface area contributed by atoms with Gasteiger partial charge in [0, 0.05) is 58.0 Å². The third kappa shape index (κ3) is 5.20. The molecule has 0 unspecified atom stereocenters. The Morgan fingerprint density at radius 3 is 2.40 bits per heavy atom. The van der Waals surface area contributed by atoms with Crippen molar-refractivity contribution >= 4 is 23.0 Å². The summed E-state index contributed by atoms with van der Waals surface area (Å²) in [6.07, 6.45) is 0. The predicted molar refractivity (Wildman–Crippen MR) is 105 cm³/mol. The van der Waals surface area contributed by atoms with E-state index in [1.807, 2.05) is 12.1 Å². The highest BCUT2D eigenvalue weighted by atomic mass is 32.1. The Hall–Kier alpha value is -1.57. The van der Waals surface area contributed by atoms with E-state index >= 15 is 0 Å². The molecule has 3 rings (SSSR count). The van der Waals surface area contributed by atoms with Crippen LogP contribution in [0.15, 0.2) is 24.3 Å². The van der Waals surface area contributed by atoms with Gasteiger partial charge >= 0.3 is 0 Å². The Labute approximate surface area is 155 Å². The molecule has 7 heteroatoms. The molecule has 0 aromatic heterocycles. The zero-order valence-electron chi connectivity index (χ0n) is 14.9. The Bertz CT molecular complexity index is 541. The number of anilines is 1. The molecule has 0 radical (unpaired) electrons. The molecule has 0 saturated carbocycles. The zero-order valence-corrected chi connectivity index (χ0v) is 15.8. The number of piperazine rings is 1. The van der Waals surface area contributed by atoms with Crippen LogP contribution in [-0.4, -0.2) is 87.6 Å². The number of rotatable bonds is 5. The van der Waals surface area contributed by atoms with Gasteiger partial charge in [0.2, 0.25) is 0 Å². The minimum absolute atomic E-state index is 0.845. The minimum Gasteiger partial charge on any atom is -0.497 e. The van der Waals surface area contributed by atoms with Crippen molar-refractivity contribution in [3.05, 3.63) is 24.3 Å². The molecule has 0 atom stereocenters. The van der Waals surface area contributed by atoms with Gasteiger partial charge in [-0.05, 0) is 36.5 Å². The topological polar surface area (TPSA) is 40.2 Å². The lowest BCUT2D eigenvalue weighted by atomic mass is 10.2. The van der Waals surface area contributed by atoms with Crippen LogP contribution in [0.4, 0.5) is 5.69 Å². The Morgan fingerprint density at radius 1 is 1.08 bits per heavy atom. The number of benzene rings is 1. The van der Waals surface area contributed by atoms with Crippen LogP contribution < -0.4 is 15.0 Å².